The Kier molecular flexibility index (Phi) is 7.05. The van der Waals surface area contributed by atoms with Crippen LogP contribution >= 0.6 is 0 Å². The number of nitriles is 1. The topological polar surface area (TPSA) is 83.4 Å². The number of amides is 1. The van der Waals surface area contributed by atoms with Crippen LogP contribution in [-0.4, -0.2) is 33.2 Å². The molecule has 1 unspecified atom stereocenters. The Morgan fingerprint density at radius 1 is 1.33 bits per heavy atom. The maximum atomic E-state index is 11.5. The molecule has 0 spiro atoms. The molecule has 0 fully saturated rings. The summed E-state index contributed by atoms with van der Waals surface area (Å²) >= 11 is 0. The first kappa shape index (κ1) is 16.8. The third kappa shape index (κ3) is 5.32. The van der Waals surface area contributed by atoms with Crippen LogP contribution in [0.3, 0.4) is 0 Å². The number of benzene rings is 1. The van der Waals surface area contributed by atoms with Crippen LogP contribution in [0.4, 0.5) is 0 Å². The molecule has 0 aromatic heterocycles. The molecule has 0 aliphatic rings. The van der Waals surface area contributed by atoms with Gasteiger partial charge in [-0.25, -0.2) is 0 Å². The summed E-state index contributed by atoms with van der Waals surface area (Å²) in [4.78, 5) is 11.5. The molecule has 0 aliphatic heterocycles. The van der Waals surface area contributed by atoms with Crippen LogP contribution in [0.2, 0.25) is 0 Å². The van der Waals surface area contributed by atoms with Crippen LogP contribution in [0.1, 0.15) is 24.9 Å². The molecular weight excluding hydrogens is 270 g/mol. The number of carbonyl (C=O) groups is 1. The van der Waals surface area contributed by atoms with Crippen LogP contribution in [0.5, 0.6) is 11.5 Å². The minimum atomic E-state index is -0.127. The third-order valence-electron chi connectivity index (χ3n) is 3.04. The number of ether oxygens (including phenoxy) is 2. The van der Waals surface area contributed by atoms with Gasteiger partial charge in [-0.1, -0.05) is 6.07 Å². The Labute approximate surface area is 125 Å². The summed E-state index contributed by atoms with van der Waals surface area (Å²) in [6, 6.07) is 7.60. The largest absolute Gasteiger partial charge is 0.493 e. The molecule has 0 radical (unpaired) electrons. The van der Waals surface area contributed by atoms with Crippen molar-refractivity contribution in [3.05, 3.63) is 23.8 Å². The Bertz CT molecular complexity index is 511. The maximum Gasteiger partial charge on any atom is 0.234 e. The van der Waals surface area contributed by atoms with Gasteiger partial charge in [-0.2, -0.15) is 5.26 Å². The van der Waals surface area contributed by atoms with Gasteiger partial charge >= 0.3 is 0 Å². The highest BCUT2D eigenvalue weighted by Crippen LogP contribution is 2.29. The lowest BCUT2D eigenvalue weighted by atomic mass is 10.1. The first-order valence-corrected chi connectivity index (χ1v) is 6.71. The SMILES string of the molecule is COc1ccc(C(C)NCC(=O)NCCC#N)cc1OC. The van der Waals surface area contributed by atoms with E-state index >= 15 is 0 Å². The van der Waals surface area contributed by atoms with Gasteiger partial charge in [0.2, 0.25) is 5.91 Å². The molecule has 1 aromatic rings. The van der Waals surface area contributed by atoms with Crippen molar-refractivity contribution in [2.75, 3.05) is 27.3 Å². The molecule has 1 rings (SSSR count). The van der Waals surface area contributed by atoms with E-state index < -0.39 is 0 Å². The average molecular weight is 291 g/mol. The number of hydrogen-bond acceptors (Lipinski definition) is 5. The van der Waals surface area contributed by atoms with E-state index in [9.17, 15) is 4.79 Å². The summed E-state index contributed by atoms with van der Waals surface area (Å²) in [5.41, 5.74) is 0.998. The van der Waals surface area contributed by atoms with Crippen LogP contribution < -0.4 is 20.1 Å². The number of methoxy groups -OCH3 is 2. The van der Waals surface area contributed by atoms with Gasteiger partial charge in [0.05, 0.1) is 33.3 Å². The second kappa shape index (κ2) is 8.82. The minimum absolute atomic E-state index is 0.00785. The number of nitrogens with zero attached hydrogens (tertiary/aromatic N) is 1. The Hall–Kier alpha value is -2.26. The molecule has 1 atom stereocenters. The monoisotopic (exact) mass is 291 g/mol. The summed E-state index contributed by atoms with van der Waals surface area (Å²) in [7, 11) is 3.17. The van der Waals surface area contributed by atoms with Crippen molar-refractivity contribution in [3.8, 4) is 17.6 Å². The van der Waals surface area contributed by atoms with Gasteiger partial charge in [-0.15, -0.1) is 0 Å². The first-order valence-electron chi connectivity index (χ1n) is 6.71. The molecule has 6 nitrogen and oxygen atoms in total. The predicted octanol–water partition coefficient (Wildman–Crippen LogP) is 1.38. The second-order valence-electron chi connectivity index (χ2n) is 4.48. The summed E-state index contributed by atoms with van der Waals surface area (Å²) in [5.74, 6) is 1.20. The molecule has 1 aromatic carbocycles. The molecule has 6 heteroatoms. The zero-order valence-corrected chi connectivity index (χ0v) is 12.6. The molecule has 114 valence electrons. The number of nitrogens with one attached hydrogen (secondary N) is 2. The molecule has 1 amide bonds. The van der Waals surface area contributed by atoms with Crippen molar-refractivity contribution in [2.45, 2.75) is 19.4 Å². The van der Waals surface area contributed by atoms with Crippen LogP contribution in [0.25, 0.3) is 0 Å². The summed E-state index contributed by atoms with van der Waals surface area (Å²) < 4.78 is 10.4. The van der Waals surface area contributed by atoms with Crippen LogP contribution in [-0.2, 0) is 4.79 Å². The van der Waals surface area contributed by atoms with Gasteiger partial charge < -0.3 is 20.1 Å². The lowest BCUT2D eigenvalue weighted by Gasteiger charge is -2.16. The maximum absolute atomic E-state index is 11.5. The molecule has 0 bridgehead atoms. The summed E-state index contributed by atoms with van der Waals surface area (Å²) in [6.45, 7) is 2.53. The molecule has 0 heterocycles. The van der Waals surface area contributed by atoms with E-state index in [0.717, 1.165) is 5.56 Å². The number of hydrogen-bond donors (Lipinski definition) is 2. The van der Waals surface area contributed by atoms with E-state index in [2.05, 4.69) is 10.6 Å². The van der Waals surface area contributed by atoms with Crippen molar-refractivity contribution in [2.24, 2.45) is 0 Å². The molecule has 0 saturated heterocycles. The zero-order chi connectivity index (χ0) is 15.7. The van der Waals surface area contributed by atoms with Crippen molar-refractivity contribution in [1.29, 1.82) is 5.26 Å². The third-order valence-corrected chi connectivity index (χ3v) is 3.04. The van der Waals surface area contributed by atoms with E-state index in [4.69, 9.17) is 14.7 Å². The average Bonchev–Trinajstić information content (AvgIpc) is 2.52. The standard InChI is InChI=1S/C15H21N3O3/c1-11(18-10-15(19)17-8-4-7-16)12-5-6-13(20-2)14(9-12)21-3/h5-6,9,11,18H,4,8,10H2,1-3H3,(H,17,19). The normalized spacial score (nSPS) is 11.3. The van der Waals surface area contributed by atoms with Crippen molar-refractivity contribution in [1.82, 2.24) is 10.6 Å². The molecule has 0 saturated carbocycles. The highest BCUT2D eigenvalue weighted by molar-refractivity contribution is 5.78. The van der Waals surface area contributed by atoms with Crippen molar-refractivity contribution >= 4 is 5.91 Å². The first-order chi connectivity index (χ1) is 10.1. The van der Waals surface area contributed by atoms with Gasteiger partial charge in [0.1, 0.15) is 0 Å². The van der Waals surface area contributed by atoms with E-state index in [1.807, 2.05) is 31.2 Å². The van der Waals surface area contributed by atoms with Gasteiger partial charge in [-0.3, -0.25) is 4.79 Å². The van der Waals surface area contributed by atoms with Gasteiger partial charge in [0, 0.05) is 12.6 Å². The quantitative estimate of drug-likeness (QED) is 0.707. The summed E-state index contributed by atoms with van der Waals surface area (Å²) in [6.07, 6.45) is 0.316. The fourth-order valence-corrected chi connectivity index (χ4v) is 1.81. The van der Waals surface area contributed by atoms with Gasteiger partial charge in [0.15, 0.2) is 11.5 Å². The molecule has 0 aliphatic carbocycles. The smallest absolute Gasteiger partial charge is 0.234 e. The van der Waals surface area contributed by atoms with E-state index in [0.29, 0.717) is 24.5 Å². The Morgan fingerprint density at radius 3 is 2.67 bits per heavy atom. The zero-order valence-electron chi connectivity index (χ0n) is 12.6. The van der Waals surface area contributed by atoms with E-state index in [1.54, 1.807) is 14.2 Å². The van der Waals surface area contributed by atoms with Crippen LogP contribution in [0, 0.1) is 11.3 Å². The molecular formula is C15H21N3O3. The number of carbonyl (C=O) groups excluding carboxylic acids is 1. The van der Waals surface area contributed by atoms with Gasteiger partial charge in [0.25, 0.3) is 0 Å². The minimum Gasteiger partial charge on any atom is -0.493 e. The molecule has 21 heavy (non-hydrogen) atoms. The molecule has 2 N–H and O–H groups in total. The highest BCUT2D eigenvalue weighted by Gasteiger charge is 2.11. The van der Waals surface area contributed by atoms with E-state index in [1.165, 1.54) is 0 Å². The summed E-state index contributed by atoms with van der Waals surface area (Å²) in [5, 5.41) is 14.2. The Morgan fingerprint density at radius 2 is 2.05 bits per heavy atom. The van der Waals surface area contributed by atoms with Crippen molar-refractivity contribution < 1.29 is 14.3 Å². The lowest BCUT2D eigenvalue weighted by molar-refractivity contribution is -0.120. The lowest BCUT2D eigenvalue weighted by Crippen LogP contribution is -2.35. The predicted molar refractivity (Wildman–Crippen MR) is 79.2 cm³/mol. The van der Waals surface area contributed by atoms with E-state index in [-0.39, 0.29) is 18.5 Å². The fourth-order valence-electron chi connectivity index (χ4n) is 1.81. The van der Waals surface area contributed by atoms with Crippen molar-refractivity contribution in [3.63, 3.8) is 0 Å². The Balaban J connectivity index is 2.54. The second-order valence-corrected chi connectivity index (χ2v) is 4.48. The van der Waals surface area contributed by atoms with Gasteiger partial charge in [-0.05, 0) is 24.6 Å². The number of rotatable bonds is 8. The van der Waals surface area contributed by atoms with Crippen LogP contribution in [0.15, 0.2) is 18.2 Å². The fraction of sp³-hybridized carbons (Fsp3) is 0.467. The highest BCUT2D eigenvalue weighted by atomic mass is 16.5.